The molecular weight excluding hydrogens is 385 g/mol. The van der Waals surface area contributed by atoms with Crippen LogP contribution >= 0.6 is 33.9 Å². The summed E-state index contributed by atoms with van der Waals surface area (Å²) < 4.78 is 6.21. The first-order valence-electron chi connectivity index (χ1n) is 6.57. The van der Waals surface area contributed by atoms with Crippen LogP contribution in [0.15, 0.2) is 24.3 Å². The van der Waals surface area contributed by atoms with Crippen LogP contribution in [0.5, 0.6) is 0 Å². The van der Waals surface area contributed by atoms with Crippen molar-refractivity contribution in [1.82, 2.24) is 15.5 Å². The molecule has 2 aromatic rings. The molecule has 20 heavy (non-hydrogen) atoms. The molecule has 0 bridgehead atoms. The molecule has 0 radical (unpaired) electrons. The standard InChI is InChI=1S/C14H18IN3OS/c1-19-9-8-16-7-3-6-13-17-18-14(20-13)11-4-2-5-12(15)10-11/h2,4-5,10,16H,3,6-9H2,1H3. The van der Waals surface area contributed by atoms with Gasteiger partial charge in [-0.15, -0.1) is 10.2 Å². The topological polar surface area (TPSA) is 47.0 Å². The summed E-state index contributed by atoms with van der Waals surface area (Å²) in [5.41, 5.74) is 1.15. The minimum atomic E-state index is 0.760. The van der Waals surface area contributed by atoms with E-state index in [-0.39, 0.29) is 0 Å². The second-order valence-electron chi connectivity index (χ2n) is 4.36. The maximum Gasteiger partial charge on any atom is 0.147 e. The zero-order valence-corrected chi connectivity index (χ0v) is 14.4. The summed E-state index contributed by atoms with van der Waals surface area (Å²) in [6, 6.07) is 8.35. The van der Waals surface area contributed by atoms with E-state index in [4.69, 9.17) is 4.74 Å². The molecule has 1 heterocycles. The Morgan fingerprint density at radius 2 is 2.20 bits per heavy atom. The zero-order valence-electron chi connectivity index (χ0n) is 11.4. The van der Waals surface area contributed by atoms with E-state index in [1.165, 1.54) is 3.57 Å². The fraction of sp³-hybridized carbons (Fsp3) is 0.429. The van der Waals surface area contributed by atoms with Crippen molar-refractivity contribution in [2.75, 3.05) is 26.8 Å². The summed E-state index contributed by atoms with van der Waals surface area (Å²) in [7, 11) is 1.72. The molecule has 0 atom stereocenters. The van der Waals surface area contributed by atoms with Crippen molar-refractivity contribution in [3.8, 4) is 10.6 Å². The Bertz CT molecular complexity index is 533. The van der Waals surface area contributed by atoms with Gasteiger partial charge in [0.05, 0.1) is 6.61 Å². The molecule has 1 N–H and O–H groups in total. The van der Waals surface area contributed by atoms with Crippen LogP contribution in [0.25, 0.3) is 10.6 Å². The van der Waals surface area contributed by atoms with E-state index in [2.05, 4.69) is 62.4 Å². The number of rotatable bonds is 8. The highest BCUT2D eigenvalue weighted by atomic mass is 127. The number of nitrogens with one attached hydrogen (secondary N) is 1. The van der Waals surface area contributed by atoms with Crippen LogP contribution in [0, 0.1) is 3.57 Å². The first-order chi connectivity index (χ1) is 9.79. The molecule has 0 unspecified atom stereocenters. The molecule has 0 aliphatic heterocycles. The lowest BCUT2D eigenvalue weighted by atomic mass is 10.2. The van der Waals surface area contributed by atoms with Crippen LogP contribution < -0.4 is 5.32 Å². The van der Waals surface area contributed by atoms with Crippen LogP contribution in [-0.4, -0.2) is 37.0 Å². The van der Waals surface area contributed by atoms with Crippen molar-refractivity contribution in [3.63, 3.8) is 0 Å². The highest BCUT2D eigenvalue weighted by Crippen LogP contribution is 2.25. The molecule has 1 aromatic carbocycles. The highest BCUT2D eigenvalue weighted by molar-refractivity contribution is 14.1. The fourth-order valence-electron chi connectivity index (χ4n) is 1.76. The number of aromatic nitrogens is 2. The molecule has 108 valence electrons. The molecule has 0 aliphatic rings. The van der Waals surface area contributed by atoms with Crippen LogP contribution in [0.1, 0.15) is 11.4 Å². The van der Waals surface area contributed by atoms with Crippen LogP contribution in [-0.2, 0) is 11.2 Å². The van der Waals surface area contributed by atoms with Gasteiger partial charge in [0.2, 0.25) is 0 Å². The third-order valence-corrected chi connectivity index (χ3v) is 4.47. The quantitative estimate of drug-likeness (QED) is 0.544. The SMILES string of the molecule is COCCNCCCc1nnc(-c2cccc(I)c2)s1. The van der Waals surface area contributed by atoms with Crippen LogP contribution in [0.2, 0.25) is 0 Å². The van der Waals surface area contributed by atoms with Crippen molar-refractivity contribution in [2.45, 2.75) is 12.8 Å². The van der Waals surface area contributed by atoms with Gasteiger partial charge in [0.1, 0.15) is 10.0 Å². The number of benzene rings is 1. The van der Waals surface area contributed by atoms with Gasteiger partial charge in [-0.3, -0.25) is 0 Å². The molecule has 6 heteroatoms. The number of hydrogen-bond donors (Lipinski definition) is 1. The van der Waals surface area contributed by atoms with Gasteiger partial charge < -0.3 is 10.1 Å². The van der Waals surface area contributed by atoms with E-state index in [1.54, 1.807) is 18.4 Å². The van der Waals surface area contributed by atoms with E-state index in [1.807, 2.05) is 0 Å². The molecule has 4 nitrogen and oxygen atoms in total. The largest absolute Gasteiger partial charge is 0.383 e. The summed E-state index contributed by atoms with van der Waals surface area (Å²) >= 11 is 4.00. The number of methoxy groups -OCH3 is 1. The average Bonchev–Trinajstić information content (AvgIpc) is 2.91. The van der Waals surface area contributed by atoms with Gasteiger partial charge in [-0.25, -0.2) is 0 Å². The van der Waals surface area contributed by atoms with E-state index in [9.17, 15) is 0 Å². The van der Waals surface area contributed by atoms with Gasteiger partial charge >= 0.3 is 0 Å². The zero-order chi connectivity index (χ0) is 14.2. The molecule has 0 amide bonds. The van der Waals surface area contributed by atoms with Gasteiger partial charge in [-0.2, -0.15) is 0 Å². The van der Waals surface area contributed by atoms with Crippen molar-refractivity contribution in [1.29, 1.82) is 0 Å². The molecule has 1 aromatic heterocycles. The van der Waals surface area contributed by atoms with Gasteiger partial charge in [0.15, 0.2) is 0 Å². The van der Waals surface area contributed by atoms with Crippen molar-refractivity contribution in [2.24, 2.45) is 0 Å². The third kappa shape index (κ3) is 5.08. The van der Waals surface area contributed by atoms with Gasteiger partial charge in [-0.1, -0.05) is 23.5 Å². The number of nitrogens with zero attached hydrogens (tertiary/aromatic N) is 2. The molecular formula is C14H18IN3OS. The number of hydrogen-bond acceptors (Lipinski definition) is 5. The average molecular weight is 403 g/mol. The second kappa shape index (κ2) is 8.66. The summed E-state index contributed by atoms with van der Waals surface area (Å²) in [6.45, 7) is 2.65. The van der Waals surface area contributed by atoms with Crippen LogP contribution in [0.3, 0.4) is 0 Å². The first-order valence-corrected chi connectivity index (χ1v) is 8.47. The molecule has 0 saturated carbocycles. The maximum atomic E-state index is 4.99. The van der Waals surface area contributed by atoms with E-state index >= 15 is 0 Å². The smallest absolute Gasteiger partial charge is 0.147 e. The lowest BCUT2D eigenvalue weighted by Crippen LogP contribution is -2.20. The maximum absolute atomic E-state index is 4.99. The fourth-order valence-corrected chi connectivity index (χ4v) is 3.18. The molecule has 2 rings (SSSR count). The summed E-state index contributed by atoms with van der Waals surface area (Å²) in [6.07, 6.45) is 2.05. The number of aryl methyl sites for hydroxylation is 1. The summed E-state index contributed by atoms with van der Waals surface area (Å²) in [5, 5.41) is 14.0. The number of ether oxygens (including phenoxy) is 1. The Morgan fingerprint density at radius 3 is 3.00 bits per heavy atom. The van der Waals surface area contributed by atoms with Crippen molar-refractivity contribution in [3.05, 3.63) is 32.8 Å². The van der Waals surface area contributed by atoms with Gasteiger partial charge in [-0.05, 0) is 47.7 Å². The monoisotopic (exact) mass is 403 g/mol. The molecule has 0 fully saturated rings. The Balaban J connectivity index is 1.80. The third-order valence-electron chi connectivity index (χ3n) is 2.77. The van der Waals surface area contributed by atoms with E-state index in [0.717, 1.165) is 48.1 Å². The molecule has 0 saturated heterocycles. The predicted molar refractivity (Wildman–Crippen MR) is 91.1 cm³/mol. The van der Waals surface area contributed by atoms with E-state index < -0.39 is 0 Å². The van der Waals surface area contributed by atoms with Crippen molar-refractivity contribution < 1.29 is 4.74 Å². The Morgan fingerprint density at radius 1 is 1.30 bits per heavy atom. The Labute approximate surface area is 137 Å². The van der Waals surface area contributed by atoms with Crippen LogP contribution in [0.4, 0.5) is 0 Å². The van der Waals surface area contributed by atoms with Crippen molar-refractivity contribution >= 4 is 33.9 Å². The summed E-state index contributed by atoms with van der Waals surface area (Å²) in [5.74, 6) is 0. The molecule has 0 spiro atoms. The lowest BCUT2D eigenvalue weighted by Gasteiger charge is -2.01. The minimum Gasteiger partial charge on any atom is -0.383 e. The first kappa shape index (κ1) is 15.8. The second-order valence-corrected chi connectivity index (χ2v) is 6.67. The van der Waals surface area contributed by atoms with E-state index in [0.29, 0.717) is 0 Å². The number of halogens is 1. The van der Waals surface area contributed by atoms with Gasteiger partial charge in [0, 0.05) is 29.2 Å². The normalized spacial score (nSPS) is 10.9. The highest BCUT2D eigenvalue weighted by Gasteiger charge is 2.06. The lowest BCUT2D eigenvalue weighted by molar-refractivity contribution is 0.199. The summed E-state index contributed by atoms with van der Waals surface area (Å²) in [4.78, 5) is 0. The molecule has 0 aliphatic carbocycles. The Hall–Kier alpha value is -0.570. The minimum absolute atomic E-state index is 0.760. The predicted octanol–water partition coefficient (Wildman–Crippen LogP) is 2.98. The van der Waals surface area contributed by atoms with Gasteiger partial charge in [0.25, 0.3) is 0 Å². The Kier molecular flexibility index (Phi) is 6.85.